The van der Waals surface area contributed by atoms with Crippen LogP contribution in [0.2, 0.25) is 0 Å². The van der Waals surface area contributed by atoms with Gasteiger partial charge in [-0.3, -0.25) is 14.4 Å². The van der Waals surface area contributed by atoms with Gasteiger partial charge in [0.2, 0.25) is 0 Å². The molecule has 0 aromatic heterocycles. The van der Waals surface area contributed by atoms with Gasteiger partial charge in [0.1, 0.15) is 13.2 Å². The highest BCUT2D eigenvalue weighted by atomic mass is 16.6. The molecule has 57 heavy (non-hydrogen) atoms. The lowest BCUT2D eigenvalue weighted by Gasteiger charge is -2.18. The van der Waals surface area contributed by atoms with Crippen LogP contribution in [-0.4, -0.2) is 37.2 Å². The van der Waals surface area contributed by atoms with Crippen molar-refractivity contribution in [1.29, 1.82) is 0 Å². The van der Waals surface area contributed by atoms with E-state index in [9.17, 15) is 14.4 Å². The molecule has 0 aliphatic heterocycles. The molecule has 0 aromatic carbocycles. The summed E-state index contributed by atoms with van der Waals surface area (Å²) in [6.45, 7) is 6.39. The van der Waals surface area contributed by atoms with E-state index in [0.717, 1.165) is 116 Å². The van der Waals surface area contributed by atoms with Gasteiger partial charge in [-0.1, -0.05) is 164 Å². The van der Waals surface area contributed by atoms with Gasteiger partial charge in [0, 0.05) is 19.3 Å². The smallest absolute Gasteiger partial charge is 0.306 e. The first-order chi connectivity index (χ1) is 28.0. The van der Waals surface area contributed by atoms with Crippen molar-refractivity contribution in [1.82, 2.24) is 0 Å². The molecule has 326 valence electrons. The SMILES string of the molecule is CC/C=C\C/C=C\C/C=C\CCCCCC(=O)OC(COC(=O)CCCCCCC/C=C\C/C=C\CCCC)COC(=O)CCCCCCC/C=C\CCCCC. The highest BCUT2D eigenvalue weighted by Crippen LogP contribution is 2.12. The molecule has 0 spiro atoms. The molecule has 6 heteroatoms. The van der Waals surface area contributed by atoms with E-state index in [1.807, 2.05) is 0 Å². The van der Waals surface area contributed by atoms with Crippen LogP contribution in [0.1, 0.15) is 213 Å². The summed E-state index contributed by atoms with van der Waals surface area (Å²) in [6.07, 6.45) is 55.9. The molecular weight excluding hydrogens is 709 g/mol. The van der Waals surface area contributed by atoms with Crippen LogP contribution in [0.5, 0.6) is 0 Å². The van der Waals surface area contributed by atoms with Crippen molar-refractivity contribution in [3.63, 3.8) is 0 Å². The minimum absolute atomic E-state index is 0.0971. The number of unbranched alkanes of at least 4 members (excludes halogenated alkanes) is 18. The predicted octanol–water partition coefficient (Wildman–Crippen LogP) is 15.1. The minimum atomic E-state index is -0.797. The molecule has 0 saturated carbocycles. The normalized spacial score (nSPS) is 12.7. The second kappa shape index (κ2) is 45.6. The zero-order chi connectivity index (χ0) is 41.5. The van der Waals surface area contributed by atoms with Crippen LogP contribution in [0.3, 0.4) is 0 Å². The molecule has 0 radical (unpaired) electrons. The summed E-state index contributed by atoms with van der Waals surface area (Å²) in [7, 11) is 0. The first kappa shape index (κ1) is 53.9. The van der Waals surface area contributed by atoms with Gasteiger partial charge in [-0.25, -0.2) is 0 Å². The molecule has 0 amide bonds. The summed E-state index contributed by atoms with van der Waals surface area (Å²) in [4.78, 5) is 37.8. The maximum absolute atomic E-state index is 12.7. The van der Waals surface area contributed by atoms with Crippen LogP contribution >= 0.6 is 0 Å². The first-order valence-electron chi connectivity index (χ1n) is 23.4. The Hall–Kier alpha value is -3.15. The highest BCUT2D eigenvalue weighted by molar-refractivity contribution is 5.71. The molecule has 0 heterocycles. The van der Waals surface area contributed by atoms with Gasteiger partial charge >= 0.3 is 17.9 Å². The van der Waals surface area contributed by atoms with E-state index in [2.05, 4.69) is 93.7 Å². The molecule has 0 saturated heterocycles. The van der Waals surface area contributed by atoms with Crippen molar-refractivity contribution in [2.75, 3.05) is 13.2 Å². The summed E-state index contributed by atoms with van der Waals surface area (Å²) in [6, 6.07) is 0. The fraction of sp³-hybridized carbons (Fsp3) is 0.706. The van der Waals surface area contributed by atoms with E-state index >= 15 is 0 Å². The molecule has 0 fully saturated rings. The Morgan fingerprint density at radius 2 is 0.702 bits per heavy atom. The fourth-order valence-electron chi connectivity index (χ4n) is 6.11. The lowest BCUT2D eigenvalue weighted by atomic mass is 10.1. The highest BCUT2D eigenvalue weighted by Gasteiger charge is 2.19. The third kappa shape index (κ3) is 43.8. The van der Waals surface area contributed by atoms with Crippen LogP contribution in [0.25, 0.3) is 0 Å². The van der Waals surface area contributed by atoms with Crippen LogP contribution < -0.4 is 0 Å². The second-order valence-corrected chi connectivity index (χ2v) is 15.3. The Labute approximate surface area is 351 Å². The largest absolute Gasteiger partial charge is 0.462 e. The number of hydrogen-bond acceptors (Lipinski definition) is 6. The second-order valence-electron chi connectivity index (χ2n) is 15.3. The zero-order valence-electron chi connectivity index (χ0n) is 37.1. The van der Waals surface area contributed by atoms with Crippen LogP contribution in [0.15, 0.2) is 72.9 Å². The van der Waals surface area contributed by atoms with Crippen molar-refractivity contribution >= 4 is 17.9 Å². The molecule has 0 aliphatic carbocycles. The van der Waals surface area contributed by atoms with Gasteiger partial charge < -0.3 is 14.2 Å². The Kier molecular flexibility index (Phi) is 43.0. The average molecular weight is 795 g/mol. The van der Waals surface area contributed by atoms with Gasteiger partial charge in [0.15, 0.2) is 6.10 Å². The summed E-state index contributed by atoms with van der Waals surface area (Å²) in [5.41, 5.74) is 0. The predicted molar refractivity (Wildman–Crippen MR) is 242 cm³/mol. The van der Waals surface area contributed by atoms with E-state index in [1.165, 1.54) is 57.8 Å². The number of rotatable bonds is 41. The number of allylic oxidation sites excluding steroid dienone is 12. The molecule has 6 nitrogen and oxygen atoms in total. The van der Waals surface area contributed by atoms with Gasteiger partial charge in [-0.2, -0.15) is 0 Å². The van der Waals surface area contributed by atoms with Crippen LogP contribution in [0, 0.1) is 0 Å². The van der Waals surface area contributed by atoms with Crippen LogP contribution in [0.4, 0.5) is 0 Å². The third-order valence-corrected chi connectivity index (χ3v) is 9.66. The number of esters is 3. The van der Waals surface area contributed by atoms with Gasteiger partial charge in [-0.05, 0) is 103 Å². The van der Waals surface area contributed by atoms with Crippen molar-refractivity contribution in [3.05, 3.63) is 72.9 Å². The van der Waals surface area contributed by atoms with Crippen LogP contribution in [-0.2, 0) is 28.6 Å². The molecule has 0 N–H and O–H groups in total. The first-order valence-corrected chi connectivity index (χ1v) is 23.4. The van der Waals surface area contributed by atoms with E-state index in [0.29, 0.717) is 12.8 Å². The Balaban J connectivity index is 4.47. The van der Waals surface area contributed by atoms with Crippen molar-refractivity contribution in [2.45, 2.75) is 219 Å². The standard InChI is InChI=1S/C51H86O6/c1-4-7-10-13-16-19-22-25-27-29-32-35-38-41-44-50(53)56-47-48(46-55-49(52)43-40-37-34-31-28-24-21-18-15-12-9-6-3)57-51(54)45-42-39-36-33-30-26-23-20-17-14-11-8-5-2/h8,11,13,16-18,20-22,25-26,30,48H,4-7,9-10,12,14-15,19,23-24,27-29,31-47H2,1-3H3/b11-8-,16-13-,20-17-,21-18-,25-22-,30-26-. The van der Waals surface area contributed by atoms with E-state index in [4.69, 9.17) is 14.2 Å². The molecule has 0 aliphatic rings. The lowest BCUT2D eigenvalue weighted by molar-refractivity contribution is -0.167. The summed E-state index contributed by atoms with van der Waals surface area (Å²) in [5, 5.41) is 0. The minimum Gasteiger partial charge on any atom is -0.462 e. The molecule has 0 aromatic rings. The van der Waals surface area contributed by atoms with E-state index < -0.39 is 6.10 Å². The van der Waals surface area contributed by atoms with Gasteiger partial charge in [0.25, 0.3) is 0 Å². The van der Waals surface area contributed by atoms with Gasteiger partial charge in [-0.15, -0.1) is 0 Å². The quantitative estimate of drug-likeness (QED) is 0.0265. The number of carbonyl (C=O) groups is 3. The van der Waals surface area contributed by atoms with Crippen molar-refractivity contribution in [2.24, 2.45) is 0 Å². The molecular formula is C51H86O6. The monoisotopic (exact) mass is 795 g/mol. The number of ether oxygens (including phenoxy) is 3. The summed E-state index contributed by atoms with van der Waals surface area (Å²) >= 11 is 0. The Morgan fingerprint density at radius 1 is 0.368 bits per heavy atom. The van der Waals surface area contributed by atoms with E-state index in [-0.39, 0.29) is 37.5 Å². The number of carbonyl (C=O) groups excluding carboxylic acids is 3. The average Bonchev–Trinajstić information content (AvgIpc) is 3.21. The third-order valence-electron chi connectivity index (χ3n) is 9.66. The Bertz CT molecular complexity index is 1100. The molecule has 0 rings (SSSR count). The summed E-state index contributed by atoms with van der Waals surface area (Å²) in [5.74, 6) is -0.954. The fourth-order valence-corrected chi connectivity index (χ4v) is 6.11. The maximum Gasteiger partial charge on any atom is 0.306 e. The zero-order valence-corrected chi connectivity index (χ0v) is 37.1. The Morgan fingerprint density at radius 3 is 1.16 bits per heavy atom. The molecule has 1 atom stereocenters. The molecule has 0 bridgehead atoms. The molecule has 1 unspecified atom stereocenters. The van der Waals surface area contributed by atoms with Crippen molar-refractivity contribution in [3.8, 4) is 0 Å². The van der Waals surface area contributed by atoms with Crippen molar-refractivity contribution < 1.29 is 28.6 Å². The van der Waals surface area contributed by atoms with Gasteiger partial charge in [0.05, 0.1) is 0 Å². The maximum atomic E-state index is 12.7. The lowest BCUT2D eigenvalue weighted by Crippen LogP contribution is -2.30. The topological polar surface area (TPSA) is 78.9 Å². The number of hydrogen-bond donors (Lipinski definition) is 0. The summed E-state index contributed by atoms with van der Waals surface area (Å²) < 4.78 is 16.7. The van der Waals surface area contributed by atoms with E-state index in [1.54, 1.807) is 0 Å².